The van der Waals surface area contributed by atoms with Crippen LogP contribution in [-0.4, -0.2) is 51.4 Å². The third-order valence-corrected chi connectivity index (χ3v) is 8.75. The van der Waals surface area contributed by atoms with Gasteiger partial charge in [0, 0.05) is 44.1 Å². The minimum absolute atomic E-state index is 0.0960. The first-order chi connectivity index (χ1) is 16.4. The third kappa shape index (κ3) is 4.31. The number of benzene rings is 3. The standard InChI is InChI=1S/C26H26ClN3O3S/c27-24-13-12-22(19-23(24)26(31)30-14-6-8-20-7-4-5-11-25(20)30)34(32,33)29-17-15-28(16-18-29)21-9-2-1-3-10-21/h1-5,7,9-13,19H,6,8,14-18H2. The molecule has 8 heteroatoms. The van der Waals surface area contributed by atoms with Gasteiger partial charge in [0.1, 0.15) is 0 Å². The number of amides is 1. The number of hydrogen-bond donors (Lipinski definition) is 0. The highest BCUT2D eigenvalue weighted by Crippen LogP contribution is 2.31. The maximum absolute atomic E-state index is 13.5. The van der Waals surface area contributed by atoms with Crippen molar-refractivity contribution in [2.75, 3.05) is 42.5 Å². The number of aryl methyl sites for hydroxylation is 1. The molecular formula is C26H26ClN3O3S. The number of hydrogen-bond acceptors (Lipinski definition) is 4. The number of nitrogens with zero attached hydrogens (tertiary/aromatic N) is 3. The first-order valence-corrected chi connectivity index (χ1v) is 13.3. The summed E-state index contributed by atoms with van der Waals surface area (Å²) in [5, 5.41) is 0.251. The Morgan fingerprint density at radius 1 is 0.824 bits per heavy atom. The van der Waals surface area contributed by atoms with E-state index in [1.165, 1.54) is 22.5 Å². The Kier molecular flexibility index (Phi) is 6.34. The van der Waals surface area contributed by atoms with Gasteiger partial charge in [0.25, 0.3) is 5.91 Å². The summed E-state index contributed by atoms with van der Waals surface area (Å²) in [4.78, 5) is 17.4. The van der Waals surface area contributed by atoms with E-state index in [0.717, 1.165) is 29.8 Å². The second-order valence-electron chi connectivity index (χ2n) is 8.56. The Bertz CT molecular complexity index is 1310. The number of fused-ring (bicyclic) bond motifs is 1. The molecule has 2 aliphatic rings. The van der Waals surface area contributed by atoms with Crippen LogP contribution in [0, 0.1) is 0 Å². The normalized spacial score (nSPS) is 16.9. The van der Waals surface area contributed by atoms with Gasteiger partial charge in [0.15, 0.2) is 0 Å². The first-order valence-electron chi connectivity index (χ1n) is 11.4. The van der Waals surface area contributed by atoms with Gasteiger partial charge in [0.05, 0.1) is 15.5 Å². The summed E-state index contributed by atoms with van der Waals surface area (Å²) in [5.74, 6) is -0.275. The minimum atomic E-state index is -3.75. The molecule has 0 radical (unpaired) electrons. The van der Waals surface area contributed by atoms with Gasteiger partial charge in [-0.2, -0.15) is 4.31 Å². The zero-order valence-electron chi connectivity index (χ0n) is 18.7. The van der Waals surface area contributed by atoms with Crippen molar-refractivity contribution < 1.29 is 13.2 Å². The lowest BCUT2D eigenvalue weighted by atomic mass is 10.0. The average Bonchev–Trinajstić information content (AvgIpc) is 2.88. The van der Waals surface area contributed by atoms with E-state index in [9.17, 15) is 13.2 Å². The van der Waals surface area contributed by atoms with E-state index < -0.39 is 10.0 Å². The molecule has 34 heavy (non-hydrogen) atoms. The van der Waals surface area contributed by atoms with Crippen molar-refractivity contribution in [1.82, 2.24) is 4.31 Å². The molecule has 3 aromatic carbocycles. The molecule has 0 spiro atoms. The van der Waals surface area contributed by atoms with Crippen molar-refractivity contribution >= 4 is 38.9 Å². The highest BCUT2D eigenvalue weighted by atomic mass is 35.5. The molecule has 1 saturated heterocycles. The number of halogens is 1. The van der Waals surface area contributed by atoms with E-state index in [1.54, 1.807) is 4.90 Å². The van der Waals surface area contributed by atoms with Gasteiger partial charge < -0.3 is 9.80 Å². The third-order valence-electron chi connectivity index (χ3n) is 6.52. The maximum Gasteiger partial charge on any atom is 0.259 e. The average molecular weight is 496 g/mol. The van der Waals surface area contributed by atoms with Crippen molar-refractivity contribution in [3.63, 3.8) is 0 Å². The Labute approximate surface area is 205 Å². The molecule has 0 aliphatic carbocycles. The lowest BCUT2D eigenvalue weighted by Gasteiger charge is -2.35. The molecule has 176 valence electrons. The van der Waals surface area contributed by atoms with Gasteiger partial charge in [-0.3, -0.25) is 4.79 Å². The number of rotatable bonds is 4. The molecule has 2 aliphatic heterocycles. The molecule has 0 bridgehead atoms. The van der Waals surface area contributed by atoms with E-state index in [4.69, 9.17) is 11.6 Å². The van der Waals surface area contributed by atoms with Crippen LogP contribution in [0.5, 0.6) is 0 Å². The molecule has 0 N–H and O–H groups in total. The predicted octanol–water partition coefficient (Wildman–Crippen LogP) is 4.44. The summed E-state index contributed by atoms with van der Waals surface area (Å²) in [7, 11) is -3.75. The van der Waals surface area contributed by atoms with Crippen molar-refractivity contribution in [1.29, 1.82) is 0 Å². The summed E-state index contributed by atoms with van der Waals surface area (Å²) in [6.07, 6.45) is 1.76. The van der Waals surface area contributed by atoms with Crippen molar-refractivity contribution in [3.05, 3.63) is 88.9 Å². The molecule has 0 atom stereocenters. The highest BCUT2D eigenvalue weighted by molar-refractivity contribution is 7.89. The molecule has 2 heterocycles. The number of piperazine rings is 1. The number of para-hydroxylation sites is 2. The largest absolute Gasteiger partial charge is 0.369 e. The number of sulfonamides is 1. The second-order valence-corrected chi connectivity index (χ2v) is 10.9. The Morgan fingerprint density at radius 3 is 2.29 bits per heavy atom. The van der Waals surface area contributed by atoms with Crippen LogP contribution in [0.2, 0.25) is 5.02 Å². The van der Waals surface area contributed by atoms with E-state index in [2.05, 4.69) is 4.90 Å². The predicted molar refractivity (Wildman–Crippen MR) is 135 cm³/mol. The first kappa shape index (κ1) is 22.9. The van der Waals surface area contributed by atoms with Crippen LogP contribution in [0.4, 0.5) is 11.4 Å². The van der Waals surface area contributed by atoms with Crippen LogP contribution in [-0.2, 0) is 16.4 Å². The number of anilines is 2. The van der Waals surface area contributed by atoms with Gasteiger partial charge in [-0.1, -0.05) is 48.0 Å². The van der Waals surface area contributed by atoms with E-state index >= 15 is 0 Å². The van der Waals surface area contributed by atoms with E-state index in [1.807, 2.05) is 54.6 Å². The zero-order chi connectivity index (χ0) is 23.7. The lowest BCUT2D eigenvalue weighted by molar-refractivity contribution is 0.0985. The molecule has 1 fully saturated rings. The molecule has 0 aromatic heterocycles. The Morgan fingerprint density at radius 2 is 1.53 bits per heavy atom. The van der Waals surface area contributed by atoms with Gasteiger partial charge >= 0.3 is 0 Å². The molecular weight excluding hydrogens is 470 g/mol. The van der Waals surface area contributed by atoms with E-state index in [-0.39, 0.29) is 21.4 Å². The van der Waals surface area contributed by atoms with Crippen molar-refractivity contribution in [2.24, 2.45) is 0 Å². The number of carbonyl (C=O) groups excluding carboxylic acids is 1. The van der Waals surface area contributed by atoms with Gasteiger partial charge in [-0.15, -0.1) is 0 Å². The van der Waals surface area contributed by atoms with E-state index in [0.29, 0.717) is 32.7 Å². The Balaban J connectivity index is 1.38. The summed E-state index contributed by atoms with van der Waals surface area (Å²) in [5.41, 5.74) is 3.27. The quantitative estimate of drug-likeness (QED) is 0.536. The van der Waals surface area contributed by atoms with Crippen LogP contribution in [0.3, 0.4) is 0 Å². The molecule has 0 unspecified atom stereocenters. The van der Waals surface area contributed by atoms with Gasteiger partial charge in [-0.05, 0) is 54.8 Å². The number of carbonyl (C=O) groups is 1. The van der Waals surface area contributed by atoms with Crippen molar-refractivity contribution in [2.45, 2.75) is 17.7 Å². The van der Waals surface area contributed by atoms with Gasteiger partial charge in [0.2, 0.25) is 10.0 Å². The zero-order valence-corrected chi connectivity index (χ0v) is 20.3. The fraction of sp³-hybridized carbons (Fsp3) is 0.269. The van der Waals surface area contributed by atoms with Crippen LogP contribution < -0.4 is 9.80 Å². The highest BCUT2D eigenvalue weighted by Gasteiger charge is 2.31. The Hall–Kier alpha value is -2.87. The van der Waals surface area contributed by atoms with Crippen LogP contribution in [0.1, 0.15) is 22.3 Å². The summed E-state index contributed by atoms with van der Waals surface area (Å²) in [6, 6.07) is 22.2. The lowest BCUT2D eigenvalue weighted by Crippen LogP contribution is -2.48. The fourth-order valence-electron chi connectivity index (χ4n) is 4.69. The van der Waals surface area contributed by atoms with Gasteiger partial charge in [-0.25, -0.2) is 8.42 Å². The SMILES string of the molecule is O=C(c1cc(S(=O)(=O)N2CCN(c3ccccc3)CC2)ccc1Cl)N1CCCc2ccccc21. The fourth-order valence-corrected chi connectivity index (χ4v) is 6.34. The van der Waals surface area contributed by atoms with Crippen LogP contribution in [0.25, 0.3) is 0 Å². The molecule has 1 amide bonds. The van der Waals surface area contributed by atoms with Crippen molar-refractivity contribution in [3.8, 4) is 0 Å². The second kappa shape index (κ2) is 9.41. The molecule has 3 aromatic rings. The summed E-state index contributed by atoms with van der Waals surface area (Å²) < 4.78 is 28.3. The topological polar surface area (TPSA) is 60.9 Å². The smallest absolute Gasteiger partial charge is 0.259 e. The molecule has 0 saturated carbocycles. The maximum atomic E-state index is 13.5. The monoisotopic (exact) mass is 495 g/mol. The minimum Gasteiger partial charge on any atom is -0.369 e. The van der Waals surface area contributed by atoms with Crippen LogP contribution >= 0.6 is 11.6 Å². The summed E-state index contributed by atoms with van der Waals surface area (Å²) >= 11 is 6.40. The molecule has 6 nitrogen and oxygen atoms in total. The summed E-state index contributed by atoms with van der Waals surface area (Å²) in [6.45, 7) is 2.54. The van der Waals surface area contributed by atoms with Crippen LogP contribution in [0.15, 0.2) is 77.7 Å². The molecule has 5 rings (SSSR count).